The van der Waals surface area contributed by atoms with Crippen LogP contribution < -0.4 is 5.73 Å². The van der Waals surface area contributed by atoms with Crippen LogP contribution >= 0.6 is 0 Å². The third kappa shape index (κ3) is 41.1. The summed E-state index contributed by atoms with van der Waals surface area (Å²) in [7, 11) is 0. The van der Waals surface area contributed by atoms with Crippen molar-refractivity contribution in [2.24, 2.45) is 41.2 Å². The maximum absolute atomic E-state index is 11.1. The van der Waals surface area contributed by atoms with Crippen molar-refractivity contribution in [3.63, 3.8) is 0 Å². The molecule has 6 atom stereocenters. The van der Waals surface area contributed by atoms with Crippen molar-refractivity contribution in [1.82, 2.24) is 0 Å². The van der Waals surface area contributed by atoms with Gasteiger partial charge in [0.2, 0.25) is 0 Å². The zero-order chi connectivity index (χ0) is 48.9. The summed E-state index contributed by atoms with van der Waals surface area (Å²) in [5.41, 5.74) is 5.23. The Morgan fingerprint density at radius 1 is 0.333 bits per heavy atom. The number of rotatable bonds is 24. The lowest BCUT2D eigenvalue weighted by molar-refractivity contribution is -0.131. The van der Waals surface area contributed by atoms with Crippen LogP contribution in [0.4, 0.5) is 0 Å². The molecule has 360 valence electrons. The standard InChI is InChI=1S/C9H18O2.C8H17NO2.2C8H16O2.2C7H14O2/c1-4-5-6-8(10)9(11)7(2)3;1-6(2)8(11)7(10)4-3-5-9;2*1-4-5-7(9)8(10)6(2)3;2*1-4-6(8)7(9)5(2)3/h7-8,10H,4-6H2,1-3H3;6-7,10H,3-5,9H2,1-2H3;2*6-7,9H,4-5H2,1-3H3;2*5-6,8H,4H2,1-3H3/t8-;3*7-;2*6-/m101010/s1. The number of carbonyl (C=O) groups excluding carboxylic acids is 6. The Morgan fingerprint density at radius 3 is 0.683 bits per heavy atom. The fourth-order valence-electron chi connectivity index (χ4n) is 4.54. The quantitative estimate of drug-likeness (QED) is 0.0529. The van der Waals surface area contributed by atoms with Gasteiger partial charge in [-0.15, -0.1) is 0 Å². The first-order chi connectivity index (χ1) is 27.5. The molecule has 0 bridgehead atoms. The molecule has 0 spiro atoms. The van der Waals surface area contributed by atoms with Crippen molar-refractivity contribution in [2.75, 3.05) is 6.54 Å². The van der Waals surface area contributed by atoms with Gasteiger partial charge in [-0.2, -0.15) is 0 Å². The molecule has 0 aromatic rings. The van der Waals surface area contributed by atoms with Gasteiger partial charge in [-0.05, 0) is 51.5 Å². The minimum Gasteiger partial charge on any atom is -0.385 e. The van der Waals surface area contributed by atoms with Crippen LogP contribution in [-0.2, 0) is 28.8 Å². The molecule has 0 aliphatic heterocycles. The maximum atomic E-state index is 11.1. The van der Waals surface area contributed by atoms with Gasteiger partial charge >= 0.3 is 0 Å². The van der Waals surface area contributed by atoms with Crippen LogP contribution in [-0.4, -0.2) is 109 Å². The van der Waals surface area contributed by atoms with Crippen LogP contribution in [0.1, 0.15) is 188 Å². The van der Waals surface area contributed by atoms with Crippen molar-refractivity contribution in [2.45, 2.75) is 225 Å². The summed E-state index contributed by atoms with van der Waals surface area (Å²) in [6, 6.07) is 0. The Labute approximate surface area is 366 Å². The van der Waals surface area contributed by atoms with E-state index in [-0.39, 0.29) is 70.2 Å². The first kappa shape index (κ1) is 69.4. The van der Waals surface area contributed by atoms with Gasteiger partial charge in [-0.25, -0.2) is 0 Å². The highest BCUT2D eigenvalue weighted by atomic mass is 16.3. The van der Waals surface area contributed by atoms with E-state index in [1.807, 2.05) is 34.6 Å². The Hall–Kier alpha value is -2.26. The van der Waals surface area contributed by atoms with Gasteiger partial charge in [0, 0.05) is 35.5 Å². The van der Waals surface area contributed by atoms with E-state index in [0.29, 0.717) is 51.5 Å². The molecule has 13 heteroatoms. The second-order valence-corrected chi connectivity index (χ2v) is 16.9. The molecule has 0 aliphatic carbocycles. The third-order valence-electron chi connectivity index (χ3n) is 8.80. The zero-order valence-electron chi connectivity index (χ0n) is 41.1. The summed E-state index contributed by atoms with van der Waals surface area (Å²) < 4.78 is 0. The van der Waals surface area contributed by atoms with Crippen LogP contribution in [0, 0.1) is 35.5 Å². The number of Topliss-reactive ketones (excluding diaryl/α,β-unsaturated/α-hetero) is 6. The number of aliphatic hydroxyl groups excluding tert-OH is 6. The molecule has 0 heterocycles. The van der Waals surface area contributed by atoms with E-state index in [9.17, 15) is 39.0 Å². The molecule has 0 aromatic heterocycles. The smallest absolute Gasteiger partial charge is 0.163 e. The Morgan fingerprint density at radius 2 is 0.533 bits per heavy atom. The predicted molar refractivity (Wildman–Crippen MR) is 243 cm³/mol. The summed E-state index contributed by atoms with van der Waals surface area (Å²) in [5, 5.41) is 54.7. The summed E-state index contributed by atoms with van der Waals surface area (Å²) in [6.07, 6.45) is 3.25. The molecule has 0 radical (unpaired) electrons. The minimum absolute atomic E-state index is 0.0292. The molecule has 0 saturated carbocycles. The van der Waals surface area contributed by atoms with Gasteiger partial charge in [-0.3, -0.25) is 28.8 Å². The molecule has 0 saturated heterocycles. The number of unbranched alkanes of at least 4 members (excludes halogenated alkanes) is 1. The Bertz CT molecular complexity index is 1000. The van der Waals surface area contributed by atoms with Crippen molar-refractivity contribution < 1.29 is 59.4 Å². The molecular formula is C47H95NO12. The summed E-state index contributed by atoms with van der Waals surface area (Å²) in [5.74, 6) is -0.594. The molecule has 0 aliphatic rings. The SMILES string of the molecule is CC(C)C(=O)[C@@H](O)CCCN.CCCC[C@@H](O)C(=O)C(C)C.CCC[C@@H](O)C(=O)C(C)C.CCC[C@H](O)C(=O)C(C)C.CC[C@@H](O)C(=O)C(C)C.CC[C@H](O)C(=O)C(C)C. The van der Waals surface area contributed by atoms with Gasteiger partial charge < -0.3 is 36.4 Å². The van der Waals surface area contributed by atoms with Gasteiger partial charge in [0.25, 0.3) is 0 Å². The first-order valence-corrected chi connectivity index (χ1v) is 22.6. The lowest BCUT2D eigenvalue weighted by Crippen LogP contribution is -2.25. The lowest BCUT2D eigenvalue weighted by atomic mass is 10.0. The summed E-state index contributed by atoms with van der Waals surface area (Å²) >= 11 is 0. The summed E-state index contributed by atoms with van der Waals surface area (Å²) in [4.78, 5) is 65.8. The largest absolute Gasteiger partial charge is 0.385 e. The average Bonchev–Trinajstić information content (AvgIpc) is 3.20. The van der Waals surface area contributed by atoms with Gasteiger partial charge in [-0.1, -0.05) is 143 Å². The highest BCUT2D eigenvalue weighted by molar-refractivity contribution is 5.86. The van der Waals surface area contributed by atoms with Gasteiger partial charge in [0.1, 0.15) is 36.6 Å². The topological polar surface area (TPSA) is 250 Å². The van der Waals surface area contributed by atoms with E-state index in [2.05, 4.69) is 0 Å². The Balaban J connectivity index is -0.000000146. The lowest BCUT2D eigenvalue weighted by Gasteiger charge is -2.10. The van der Waals surface area contributed by atoms with Crippen molar-refractivity contribution in [1.29, 1.82) is 0 Å². The van der Waals surface area contributed by atoms with Gasteiger partial charge in [0.15, 0.2) is 34.7 Å². The fourth-order valence-corrected chi connectivity index (χ4v) is 4.54. The second-order valence-electron chi connectivity index (χ2n) is 16.9. The Kier molecular flexibility index (Phi) is 50.2. The molecule has 0 fully saturated rings. The molecule has 0 aromatic carbocycles. The van der Waals surface area contributed by atoms with Crippen LogP contribution in [0.2, 0.25) is 0 Å². The number of ketones is 6. The number of nitrogens with two attached hydrogens (primary N) is 1. The number of hydrogen-bond donors (Lipinski definition) is 7. The number of hydrogen-bond acceptors (Lipinski definition) is 13. The van der Waals surface area contributed by atoms with Crippen LogP contribution in [0.5, 0.6) is 0 Å². The van der Waals surface area contributed by atoms with E-state index >= 15 is 0 Å². The van der Waals surface area contributed by atoms with E-state index in [1.54, 1.807) is 83.1 Å². The molecule has 13 nitrogen and oxygen atoms in total. The molecule has 0 amide bonds. The minimum atomic E-state index is -0.807. The molecular weight excluding hydrogens is 771 g/mol. The van der Waals surface area contributed by atoms with Crippen LogP contribution in [0.3, 0.4) is 0 Å². The highest BCUT2D eigenvalue weighted by Crippen LogP contribution is 2.08. The van der Waals surface area contributed by atoms with Crippen LogP contribution in [0.25, 0.3) is 0 Å². The highest BCUT2D eigenvalue weighted by Gasteiger charge is 2.20. The van der Waals surface area contributed by atoms with Gasteiger partial charge in [0.05, 0.1) is 0 Å². The molecule has 0 rings (SSSR count). The number of carbonyl (C=O) groups is 6. The molecule has 60 heavy (non-hydrogen) atoms. The maximum Gasteiger partial charge on any atom is 0.163 e. The zero-order valence-corrected chi connectivity index (χ0v) is 41.1. The third-order valence-corrected chi connectivity index (χ3v) is 8.80. The van der Waals surface area contributed by atoms with E-state index in [4.69, 9.17) is 26.2 Å². The fraction of sp³-hybridized carbons (Fsp3) is 0.872. The van der Waals surface area contributed by atoms with E-state index in [1.165, 1.54) is 0 Å². The first-order valence-electron chi connectivity index (χ1n) is 22.6. The molecule has 8 N–H and O–H groups in total. The van der Waals surface area contributed by atoms with Crippen molar-refractivity contribution in [3.05, 3.63) is 0 Å². The van der Waals surface area contributed by atoms with E-state index < -0.39 is 36.6 Å². The van der Waals surface area contributed by atoms with Crippen LogP contribution in [0.15, 0.2) is 0 Å². The molecule has 0 unspecified atom stereocenters. The normalized spacial score (nSPS) is 13.7. The number of aliphatic hydroxyl groups is 6. The monoisotopic (exact) mass is 866 g/mol. The average molecular weight is 866 g/mol. The van der Waals surface area contributed by atoms with Crippen molar-refractivity contribution in [3.8, 4) is 0 Å². The van der Waals surface area contributed by atoms with Crippen molar-refractivity contribution >= 4 is 34.7 Å². The van der Waals surface area contributed by atoms with E-state index in [0.717, 1.165) is 25.7 Å². The predicted octanol–water partition coefficient (Wildman–Crippen LogP) is 6.78. The summed E-state index contributed by atoms with van der Waals surface area (Å²) in [6.45, 7) is 31.7. The second kappa shape index (κ2) is 43.4.